The van der Waals surface area contributed by atoms with Gasteiger partial charge in [0, 0.05) is 11.6 Å². The van der Waals surface area contributed by atoms with Crippen molar-refractivity contribution in [2.24, 2.45) is 5.10 Å². The minimum absolute atomic E-state index is 0.0519. The average Bonchev–Trinajstić information content (AvgIpc) is 2.64. The van der Waals surface area contributed by atoms with Gasteiger partial charge in [0.25, 0.3) is 5.69 Å². The number of hydrogen-bond donors (Lipinski definition) is 1. The third-order valence-corrected chi connectivity index (χ3v) is 3.53. The smallest absolute Gasteiger partial charge is 0.294 e. The number of rotatable bonds is 7. The Labute approximate surface area is 145 Å². The number of hydrogen-bond acceptors (Lipinski definition) is 7. The molecule has 1 N–H and O–H groups in total. The fourth-order valence-corrected chi connectivity index (χ4v) is 2.23. The number of hydrazone groups is 1. The van der Waals surface area contributed by atoms with Crippen LogP contribution in [0.3, 0.4) is 0 Å². The second kappa shape index (κ2) is 8.00. The zero-order chi connectivity index (χ0) is 18.4. The van der Waals surface area contributed by atoms with Crippen molar-refractivity contribution < 1.29 is 19.1 Å². The van der Waals surface area contributed by atoms with E-state index in [0.29, 0.717) is 28.6 Å². The first-order valence-corrected chi connectivity index (χ1v) is 7.36. The average molecular weight is 345 g/mol. The molecule has 0 amide bonds. The van der Waals surface area contributed by atoms with E-state index in [-0.39, 0.29) is 5.69 Å². The number of nitro benzene ring substituents is 1. The molecule has 0 bridgehead atoms. The van der Waals surface area contributed by atoms with E-state index in [0.717, 1.165) is 5.56 Å². The van der Waals surface area contributed by atoms with Crippen molar-refractivity contribution in [3.8, 4) is 17.2 Å². The van der Waals surface area contributed by atoms with Crippen molar-refractivity contribution in [3.63, 3.8) is 0 Å². The van der Waals surface area contributed by atoms with Crippen LogP contribution in [0.25, 0.3) is 0 Å². The number of nitrogens with one attached hydrogen (secondary N) is 1. The monoisotopic (exact) mass is 345 g/mol. The summed E-state index contributed by atoms with van der Waals surface area (Å²) in [6.07, 6.45) is 0. The number of methoxy groups -OCH3 is 3. The second-order valence-electron chi connectivity index (χ2n) is 5.00. The molecule has 8 heteroatoms. The van der Waals surface area contributed by atoms with E-state index < -0.39 is 4.92 Å². The van der Waals surface area contributed by atoms with E-state index in [2.05, 4.69) is 10.5 Å². The highest BCUT2D eigenvalue weighted by Gasteiger charge is 2.15. The van der Waals surface area contributed by atoms with E-state index in [1.165, 1.54) is 27.4 Å². The summed E-state index contributed by atoms with van der Waals surface area (Å²) in [5.41, 5.74) is 4.30. The minimum Gasteiger partial charge on any atom is -0.493 e. The van der Waals surface area contributed by atoms with Crippen molar-refractivity contribution in [1.82, 2.24) is 0 Å². The summed E-state index contributed by atoms with van der Waals surface area (Å²) in [5.74, 6) is 1.47. The third kappa shape index (κ3) is 3.97. The van der Waals surface area contributed by atoms with Crippen LogP contribution >= 0.6 is 0 Å². The molecule has 0 aliphatic carbocycles. The molecular weight excluding hydrogens is 326 g/mol. The normalized spacial score (nSPS) is 11.0. The maximum absolute atomic E-state index is 11.0. The van der Waals surface area contributed by atoms with Crippen molar-refractivity contribution in [2.45, 2.75) is 6.92 Å². The zero-order valence-electron chi connectivity index (χ0n) is 14.4. The molecule has 0 aliphatic rings. The van der Waals surface area contributed by atoms with E-state index in [9.17, 15) is 10.1 Å². The lowest BCUT2D eigenvalue weighted by molar-refractivity contribution is -0.384. The molecule has 0 heterocycles. The molecule has 0 atom stereocenters. The summed E-state index contributed by atoms with van der Waals surface area (Å²) < 4.78 is 15.9. The van der Waals surface area contributed by atoms with Crippen molar-refractivity contribution in [3.05, 3.63) is 52.1 Å². The molecule has 0 radical (unpaired) electrons. The fourth-order valence-electron chi connectivity index (χ4n) is 2.23. The van der Waals surface area contributed by atoms with Crippen LogP contribution in [0.5, 0.6) is 17.2 Å². The Morgan fingerprint density at radius 1 is 1.08 bits per heavy atom. The van der Waals surface area contributed by atoms with Crippen LogP contribution < -0.4 is 19.6 Å². The van der Waals surface area contributed by atoms with Crippen LogP contribution in [0.4, 0.5) is 11.4 Å². The van der Waals surface area contributed by atoms with Gasteiger partial charge in [-0.2, -0.15) is 5.10 Å². The van der Waals surface area contributed by atoms with Crippen molar-refractivity contribution in [1.29, 1.82) is 0 Å². The summed E-state index contributed by atoms with van der Waals surface area (Å²) in [5, 5.41) is 15.3. The third-order valence-electron chi connectivity index (χ3n) is 3.53. The molecule has 0 spiro atoms. The van der Waals surface area contributed by atoms with Gasteiger partial charge >= 0.3 is 0 Å². The van der Waals surface area contributed by atoms with E-state index >= 15 is 0 Å². The number of benzene rings is 2. The van der Waals surface area contributed by atoms with Gasteiger partial charge in [0.15, 0.2) is 11.5 Å². The number of ether oxygens (including phenoxy) is 3. The lowest BCUT2D eigenvalue weighted by atomic mass is 10.1. The lowest BCUT2D eigenvalue weighted by Gasteiger charge is -2.14. The van der Waals surface area contributed by atoms with Gasteiger partial charge in [-0.05, 0) is 25.1 Å². The van der Waals surface area contributed by atoms with Crippen LogP contribution in [-0.4, -0.2) is 32.0 Å². The molecular formula is C17H19N3O5. The van der Waals surface area contributed by atoms with Gasteiger partial charge in [-0.25, -0.2) is 0 Å². The van der Waals surface area contributed by atoms with Crippen LogP contribution in [0.2, 0.25) is 0 Å². The van der Waals surface area contributed by atoms with Gasteiger partial charge in [-0.3, -0.25) is 15.5 Å². The summed E-state index contributed by atoms with van der Waals surface area (Å²) >= 11 is 0. The van der Waals surface area contributed by atoms with E-state index in [1.54, 1.807) is 37.3 Å². The summed E-state index contributed by atoms with van der Waals surface area (Å²) in [6, 6.07) is 9.79. The van der Waals surface area contributed by atoms with Crippen LogP contribution in [0, 0.1) is 10.1 Å². The molecule has 0 unspecified atom stereocenters. The standard InChI is InChI=1S/C17H19N3O5/c1-11(18-19-13-7-5-6-8-14(13)20(21)22)12-9-15(23-2)17(25-4)16(10-12)24-3/h5-10,19H,1-4H3/b18-11+. The summed E-state index contributed by atoms with van der Waals surface area (Å²) in [4.78, 5) is 10.6. The number of para-hydroxylation sites is 2. The maximum Gasteiger partial charge on any atom is 0.294 e. The highest BCUT2D eigenvalue weighted by molar-refractivity contribution is 6.00. The molecule has 2 aromatic carbocycles. The molecule has 25 heavy (non-hydrogen) atoms. The molecule has 0 aliphatic heterocycles. The molecule has 2 rings (SSSR count). The summed E-state index contributed by atoms with van der Waals surface area (Å²) in [7, 11) is 4.58. The maximum atomic E-state index is 11.0. The Balaban J connectivity index is 2.36. The van der Waals surface area contributed by atoms with Gasteiger partial charge < -0.3 is 14.2 Å². The quantitative estimate of drug-likeness (QED) is 0.469. The van der Waals surface area contributed by atoms with Crippen LogP contribution in [0.1, 0.15) is 12.5 Å². The van der Waals surface area contributed by atoms with Gasteiger partial charge in [0.05, 0.1) is 32.0 Å². The predicted molar refractivity (Wildman–Crippen MR) is 95.0 cm³/mol. The Morgan fingerprint density at radius 3 is 2.20 bits per heavy atom. The van der Waals surface area contributed by atoms with Crippen LogP contribution in [-0.2, 0) is 0 Å². The number of nitrogens with zero attached hydrogens (tertiary/aromatic N) is 2. The largest absolute Gasteiger partial charge is 0.493 e. The van der Waals surface area contributed by atoms with Gasteiger partial charge in [-0.15, -0.1) is 0 Å². The fraction of sp³-hybridized carbons (Fsp3) is 0.235. The first-order chi connectivity index (χ1) is 12.0. The Bertz CT molecular complexity index is 780. The Kier molecular flexibility index (Phi) is 5.78. The van der Waals surface area contributed by atoms with E-state index in [1.807, 2.05) is 0 Å². The summed E-state index contributed by atoms with van der Waals surface area (Å²) in [6.45, 7) is 1.77. The Morgan fingerprint density at radius 2 is 1.68 bits per heavy atom. The van der Waals surface area contributed by atoms with Crippen molar-refractivity contribution >= 4 is 17.1 Å². The van der Waals surface area contributed by atoms with Gasteiger partial charge in [0.2, 0.25) is 5.75 Å². The van der Waals surface area contributed by atoms with Gasteiger partial charge in [-0.1, -0.05) is 12.1 Å². The Hall–Kier alpha value is -3.29. The van der Waals surface area contributed by atoms with E-state index in [4.69, 9.17) is 14.2 Å². The molecule has 0 saturated heterocycles. The zero-order valence-corrected chi connectivity index (χ0v) is 14.4. The highest BCUT2D eigenvalue weighted by Crippen LogP contribution is 2.38. The van der Waals surface area contributed by atoms with Gasteiger partial charge in [0.1, 0.15) is 5.69 Å². The lowest BCUT2D eigenvalue weighted by Crippen LogP contribution is -2.04. The second-order valence-corrected chi connectivity index (χ2v) is 5.00. The molecule has 132 valence electrons. The molecule has 0 fully saturated rings. The molecule has 2 aromatic rings. The number of anilines is 1. The first kappa shape index (κ1) is 18.1. The molecule has 0 saturated carbocycles. The topological polar surface area (TPSA) is 95.2 Å². The predicted octanol–water partition coefficient (Wildman–Crippen LogP) is 3.46. The van der Waals surface area contributed by atoms with Crippen molar-refractivity contribution in [2.75, 3.05) is 26.8 Å². The number of nitro groups is 1. The molecule has 0 aromatic heterocycles. The highest BCUT2D eigenvalue weighted by atomic mass is 16.6. The molecule has 8 nitrogen and oxygen atoms in total. The minimum atomic E-state index is -0.466. The first-order valence-electron chi connectivity index (χ1n) is 7.36. The SMILES string of the molecule is COc1cc(/C(C)=N/Nc2ccccc2[N+](=O)[O-])cc(OC)c1OC. The van der Waals surface area contributed by atoms with Crippen LogP contribution in [0.15, 0.2) is 41.5 Å².